The van der Waals surface area contributed by atoms with Gasteiger partial charge in [-0.1, -0.05) is 12.1 Å². The van der Waals surface area contributed by atoms with Crippen molar-refractivity contribution >= 4 is 10.8 Å². The first-order chi connectivity index (χ1) is 10.3. The Kier molecular flexibility index (Phi) is 3.20. The van der Waals surface area contributed by atoms with Gasteiger partial charge in [0.2, 0.25) is 0 Å². The number of aryl methyl sites for hydroxylation is 1. The lowest BCUT2D eigenvalue weighted by atomic mass is 10.0. The van der Waals surface area contributed by atoms with Crippen LogP contribution in [0.2, 0.25) is 0 Å². The minimum absolute atomic E-state index is 0.272. The lowest BCUT2D eigenvalue weighted by molar-refractivity contribution is 0.261. The van der Waals surface area contributed by atoms with Crippen LogP contribution in [-0.2, 0) is 9.47 Å². The number of hydrogen-bond acceptors (Lipinski definition) is 4. The second-order valence-corrected chi connectivity index (χ2v) is 5.60. The van der Waals surface area contributed by atoms with Gasteiger partial charge in [0.05, 0.1) is 13.2 Å². The maximum atomic E-state index is 5.83. The monoisotopic (exact) mass is 286 g/mol. The number of hydrogen-bond donors (Lipinski definition) is 0. The Labute approximate surface area is 123 Å². The molecule has 2 aliphatic rings. The third-order valence-corrected chi connectivity index (χ3v) is 3.88. The van der Waals surface area contributed by atoms with E-state index in [2.05, 4.69) is 25.1 Å². The van der Waals surface area contributed by atoms with E-state index in [0.717, 1.165) is 30.3 Å². The number of ether oxygens (including phenoxy) is 4. The largest absolute Gasteiger partial charge is 0.491 e. The van der Waals surface area contributed by atoms with Crippen molar-refractivity contribution in [2.75, 3.05) is 26.4 Å². The Morgan fingerprint density at radius 1 is 1.00 bits per heavy atom. The van der Waals surface area contributed by atoms with E-state index in [9.17, 15) is 0 Å². The van der Waals surface area contributed by atoms with E-state index in [-0.39, 0.29) is 12.2 Å². The summed E-state index contributed by atoms with van der Waals surface area (Å²) in [7, 11) is 0. The highest BCUT2D eigenvalue weighted by molar-refractivity contribution is 5.88. The summed E-state index contributed by atoms with van der Waals surface area (Å²) < 4.78 is 21.9. The number of epoxide rings is 2. The average molecular weight is 286 g/mol. The van der Waals surface area contributed by atoms with E-state index in [4.69, 9.17) is 18.9 Å². The maximum absolute atomic E-state index is 5.83. The van der Waals surface area contributed by atoms with Gasteiger partial charge in [0.15, 0.2) is 0 Å². The molecule has 0 aromatic heterocycles. The first kappa shape index (κ1) is 12.9. The molecule has 2 aromatic carbocycles. The first-order valence-electron chi connectivity index (χ1n) is 7.32. The predicted octanol–water partition coefficient (Wildman–Crippen LogP) is 2.70. The van der Waals surface area contributed by atoms with E-state index in [1.165, 1.54) is 10.8 Å². The van der Waals surface area contributed by atoms with Gasteiger partial charge in [-0.3, -0.25) is 0 Å². The summed E-state index contributed by atoms with van der Waals surface area (Å²) in [6.45, 7) is 4.96. The normalized spacial score (nSPS) is 23.1. The van der Waals surface area contributed by atoms with Crippen molar-refractivity contribution < 1.29 is 18.9 Å². The molecule has 0 aliphatic carbocycles. The molecule has 4 rings (SSSR count). The highest BCUT2D eigenvalue weighted by atomic mass is 16.6. The van der Waals surface area contributed by atoms with Gasteiger partial charge in [0, 0.05) is 0 Å². The highest BCUT2D eigenvalue weighted by Crippen LogP contribution is 2.31. The Balaban J connectivity index is 1.57. The van der Waals surface area contributed by atoms with Gasteiger partial charge in [-0.2, -0.15) is 0 Å². The molecule has 2 aromatic rings. The molecule has 2 aliphatic heterocycles. The maximum Gasteiger partial charge on any atom is 0.122 e. The van der Waals surface area contributed by atoms with E-state index in [1.54, 1.807) is 0 Å². The van der Waals surface area contributed by atoms with Crippen LogP contribution in [0.4, 0.5) is 0 Å². The minimum Gasteiger partial charge on any atom is -0.491 e. The molecule has 0 amide bonds. The summed E-state index contributed by atoms with van der Waals surface area (Å²) in [4.78, 5) is 0. The third kappa shape index (κ3) is 2.96. The molecule has 0 bridgehead atoms. The summed E-state index contributed by atoms with van der Waals surface area (Å²) >= 11 is 0. The van der Waals surface area contributed by atoms with Crippen molar-refractivity contribution in [1.29, 1.82) is 0 Å². The van der Waals surface area contributed by atoms with E-state index in [0.29, 0.717) is 13.2 Å². The molecule has 2 unspecified atom stereocenters. The van der Waals surface area contributed by atoms with Crippen molar-refractivity contribution in [3.8, 4) is 11.5 Å². The molecule has 0 spiro atoms. The second kappa shape index (κ2) is 5.20. The summed E-state index contributed by atoms with van der Waals surface area (Å²) in [6.07, 6.45) is 0.545. The third-order valence-electron chi connectivity index (χ3n) is 3.88. The summed E-state index contributed by atoms with van der Waals surface area (Å²) in [5, 5.41) is 2.36. The fourth-order valence-corrected chi connectivity index (χ4v) is 2.38. The molecule has 2 fully saturated rings. The van der Waals surface area contributed by atoms with Crippen molar-refractivity contribution in [2.24, 2.45) is 0 Å². The molecular weight excluding hydrogens is 268 g/mol. The van der Waals surface area contributed by atoms with Crippen LogP contribution < -0.4 is 9.47 Å². The SMILES string of the molecule is Cc1c(OCC2CO2)ccc2ccc(OCC3CO3)cc12. The van der Waals surface area contributed by atoms with Crippen LogP contribution in [0.1, 0.15) is 5.56 Å². The molecule has 0 radical (unpaired) electrons. The summed E-state index contributed by atoms with van der Waals surface area (Å²) in [6, 6.07) is 10.3. The summed E-state index contributed by atoms with van der Waals surface area (Å²) in [5.74, 6) is 1.80. The zero-order valence-electron chi connectivity index (χ0n) is 12.0. The van der Waals surface area contributed by atoms with Crippen molar-refractivity contribution in [3.05, 3.63) is 35.9 Å². The van der Waals surface area contributed by atoms with Gasteiger partial charge in [0.1, 0.15) is 36.9 Å². The quantitative estimate of drug-likeness (QED) is 0.766. The smallest absolute Gasteiger partial charge is 0.122 e. The van der Waals surface area contributed by atoms with Gasteiger partial charge in [-0.15, -0.1) is 0 Å². The molecule has 21 heavy (non-hydrogen) atoms. The standard InChI is InChI=1S/C17H18O4/c1-11-16-6-13(18-7-14-8-19-14)4-2-12(16)3-5-17(11)21-10-15-9-20-15/h2-6,14-15H,7-10H2,1H3. The van der Waals surface area contributed by atoms with Crippen LogP contribution >= 0.6 is 0 Å². The van der Waals surface area contributed by atoms with E-state index in [1.807, 2.05) is 12.1 Å². The van der Waals surface area contributed by atoms with Crippen LogP contribution in [0.3, 0.4) is 0 Å². The molecule has 110 valence electrons. The molecule has 0 N–H and O–H groups in total. The van der Waals surface area contributed by atoms with Crippen LogP contribution in [0, 0.1) is 6.92 Å². The molecule has 2 saturated heterocycles. The Morgan fingerprint density at radius 2 is 1.67 bits per heavy atom. The van der Waals surface area contributed by atoms with E-state index >= 15 is 0 Å². The molecule has 0 saturated carbocycles. The van der Waals surface area contributed by atoms with Crippen molar-refractivity contribution in [2.45, 2.75) is 19.1 Å². The molecule has 2 heterocycles. The fraction of sp³-hybridized carbons (Fsp3) is 0.412. The lowest BCUT2D eigenvalue weighted by Gasteiger charge is -2.12. The Hall–Kier alpha value is -1.78. The Morgan fingerprint density at radius 3 is 2.38 bits per heavy atom. The van der Waals surface area contributed by atoms with Crippen LogP contribution in [0.5, 0.6) is 11.5 Å². The summed E-state index contributed by atoms with van der Waals surface area (Å²) in [5.41, 5.74) is 1.14. The van der Waals surface area contributed by atoms with Crippen LogP contribution in [0.15, 0.2) is 30.3 Å². The van der Waals surface area contributed by atoms with Crippen molar-refractivity contribution in [3.63, 3.8) is 0 Å². The van der Waals surface area contributed by atoms with Gasteiger partial charge >= 0.3 is 0 Å². The van der Waals surface area contributed by atoms with Gasteiger partial charge in [-0.05, 0) is 41.5 Å². The van der Waals surface area contributed by atoms with Crippen LogP contribution in [-0.4, -0.2) is 38.6 Å². The number of fused-ring (bicyclic) bond motifs is 1. The second-order valence-electron chi connectivity index (χ2n) is 5.60. The van der Waals surface area contributed by atoms with Gasteiger partial charge in [0.25, 0.3) is 0 Å². The molecule has 4 nitrogen and oxygen atoms in total. The predicted molar refractivity (Wildman–Crippen MR) is 79.2 cm³/mol. The van der Waals surface area contributed by atoms with Gasteiger partial charge < -0.3 is 18.9 Å². The van der Waals surface area contributed by atoms with Crippen LogP contribution in [0.25, 0.3) is 10.8 Å². The zero-order chi connectivity index (χ0) is 14.2. The molecule has 4 heteroatoms. The molecule has 2 atom stereocenters. The first-order valence-corrected chi connectivity index (χ1v) is 7.32. The number of rotatable bonds is 6. The average Bonchev–Trinajstić information content (AvgIpc) is 3.38. The van der Waals surface area contributed by atoms with E-state index < -0.39 is 0 Å². The highest BCUT2D eigenvalue weighted by Gasteiger charge is 2.24. The Bertz CT molecular complexity index is 654. The fourth-order valence-electron chi connectivity index (χ4n) is 2.38. The van der Waals surface area contributed by atoms with Crippen molar-refractivity contribution in [1.82, 2.24) is 0 Å². The topological polar surface area (TPSA) is 43.5 Å². The number of benzene rings is 2. The van der Waals surface area contributed by atoms with Gasteiger partial charge in [-0.25, -0.2) is 0 Å². The minimum atomic E-state index is 0.272. The zero-order valence-corrected chi connectivity index (χ0v) is 12.0. The lowest BCUT2D eigenvalue weighted by Crippen LogP contribution is -2.05. The molecular formula is C17H18O4.